The predicted molar refractivity (Wildman–Crippen MR) is 106 cm³/mol. The topological polar surface area (TPSA) is 95.1 Å². The zero-order valence-corrected chi connectivity index (χ0v) is 16.2. The third kappa shape index (κ3) is 2.27. The van der Waals surface area contributed by atoms with Gasteiger partial charge in [0, 0.05) is 30.1 Å². The highest BCUT2D eigenvalue weighted by Gasteiger charge is 2.47. The Morgan fingerprint density at radius 3 is 2.80 bits per heavy atom. The number of amides is 2. The van der Waals surface area contributed by atoms with Crippen LogP contribution in [0.3, 0.4) is 0 Å². The second-order valence-corrected chi connectivity index (χ2v) is 7.98. The molecule has 30 heavy (non-hydrogen) atoms. The van der Waals surface area contributed by atoms with Gasteiger partial charge in [-0.3, -0.25) is 9.59 Å². The van der Waals surface area contributed by atoms with Crippen LogP contribution in [-0.2, 0) is 16.0 Å². The molecule has 2 N–H and O–H groups in total. The van der Waals surface area contributed by atoms with Crippen molar-refractivity contribution < 1.29 is 24.2 Å². The van der Waals surface area contributed by atoms with E-state index < -0.39 is 12.1 Å². The highest BCUT2D eigenvalue weighted by Crippen LogP contribution is 2.45. The number of hydrogen-bond acceptors (Lipinski definition) is 5. The van der Waals surface area contributed by atoms with E-state index in [4.69, 9.17) is 9.47 Å². The second-order valence-electron chi connectivity index (χ2n) is 7.98. The molecule has 8 heteroatoms. The summed E-state index contributed by atoms with van der Waals surface area (Å²) in [4.78, 5) is 32.7. The molecule has 0 spiro atoms. The van der Waals surface area contributed by atoms with Crippen molar-refractivity contribution in [1.82, 2.24) is 14.8 Å². The standard InChI is InChI=1S/C22H19N3O5/c1-24-9-19(27)25-16(22(24)28)8-14-13-7-12(26)3-4-15(13)23-20(14)21(25)11-2-5-17-18(6-11)30-10-29-17/h2-7,16,21,23,26H,8-10H2,1H3. The van der Waals surface area contributed by atoms with Gasteiger partial charge in [-0.25, -0.2) is 0 Å². The number of aromatic amines is 1. The molecule has 1 aromatic heterocycles. The Morgan fingerprint density at radius 2 is 1.93 bits per heavy atom. The average molecular weight is 405 g/mol. The van der Waals surface area contributed by atoms with E-state index in [1.807, 2.05) is 24.3 Å². The second kappa shape index (κ2) is 5.91. The van der Waals surface area contributed by atoms with Gasteiger partial charge in [0.15, 0.2) is 11.5 Å². The van der Waals surface area contributed by atoms with Gasteiger partial charge >= 0.3 is 0 Å². The summed E-state index contributed by atoms with van der Waals surface area (Å²) in [6.07, 6.45) is 0.398. The predicted octanol–water partition coefficient (Wildman–Crippen LogP) is 1.92. The number of aromatic nitrogens is 1. The maximum Gasteiger partial charge on any atom is 0.245 e. The number of likely N-dealkylation sites (N-methyl/N-ethyl adjacent to an activating group) is 1. The van der Waals surface area contributed by atoms with Crippen LogP contribution in [0.5, 0.6) is 17.2 Å². The number of phenolic OH excluding ortho intramolecular Hbond substituents is 1. The SMILES string of the molecule is CN1CC(=O)N2C(Cc3c([nH]c4ccc(O)cc34)C2c2ccc3c(c2)OCO3)C1=O. The minimum absolute atomic E-state index is 0.0483. The van der Waals surface area contributed by atoms with Crippen LogP contribution in [0.1, 0.15) is 22.9 Å². The fourth-order valence-electron chi connectivity index (χ4n) is 4.87. The summed E-state index contributed by atoms with van der Waals surface area (Å²) >= 11 is 0. The lowest BCUT2D eigenvalue weighted by Crippen LogP contribution is -2.62. The number of benzene rings is 2. The zero-order chi connectivity index (χ0) is 20.6. The van der Waals surface area contributed by atoms with E-state index in [0.717, 1.165) is 27.7 Å². The number of hydrogen-bond donors (Lipinski definition) is 2. The molecule has 2 amide bonds. The minimum atomic E-state index is -0.597. The van der Waals surface area contributed by atoms with Crippen LogP contribution in [0.2, 0.25) is 0 Å². The Bertz CT molecular complexity index is 1230. The first-order valence-corrected chi connectivity index (χ1v) is 9.80. The fraction of sp³-hybridized carbons (Fsp3) is 0.273. The minimum Gasteiger partial charge on any atom is -0.508 e. The molecule has 1 fully saturated rings. The lowest BCUT2D eigenvalue weighted by molar-refractivity contribution is -0.157. The third-order valence-corrected chi connectivity index (χ3v) is 6.24. The zero-order valence-electron chi connectivity index (χ0n) is 16.2. The first-order chi connectivity index (χ1) is 14.5. The molecule has 0 radical (unpaired) electrons. The Morgan fingerprint density at radius 1 is 1.10 bits per heavy atom. The largest absolute Gasteiger partial charge is 0.508 e. The van der Waals surface area contributed by atoms with E-state index in [9.17, 15) is 14.7 Å². The van der Waals surface area contributed by atoms with Gasteiger partial charge in [-0.1, -0.05) is 6.07 Å². The van der Waals surface area contributed by atoms with Crippen molar-refractivity contribution >= 4 is 22.7 Å². The molecule has 6 rings (SSSR count). The highest BCUT2D eigenvalue weighted by atomic mass is 16.7. The number of rotatable bonds is 1. The normalized spacial score (nSPS) is 22.4. The average Bonchev–Trinajstić information content (AvgIpc) is 3.34. The van der Waals surface area contributed by atoms with Crippen molar-refractivity contribution in [2.45, 2.75) is 18.5 Å². The molecule has 152 valence electrons. The summed E-state index contributed by atoms with van der Waals surface area (Å²) in [6.45, 7) is 0.210. The summed E-state index contributed by atoms with van der Waals surface area (Å²) in [5.74, 6) is 1.26. The van der Waals surface area contributed by atoms with Crippen molar-refractivity contribution in [3.63, 3.8) is 0 Å². The van der Waals surface area contributed by atoms with Gasteiger partial charge in [-0.05, 0) is 41.5 Å². The molecule has 3 aliphatic heterocycles. The molecule has 3 aromatic rings. The molecule has 0 saturated carbocycles. The van der Waals surface area contributed by atoms with Crippen LogP contribution in [0.4, 0.5) is 0 Å². The lowest BCUT2D eigenvalue weighted by Gasteiger charge is -2.46. The van der Waals surface area contributed by atoms with Crippen LogP contribution >= 0.6 is 0 Å². The van der Waals surface area contributed by atoms with Crippen LogP contribution in [0, 0.1) is 0 Å². The number of nitrogens with zero attached hydrogens (tertiary/aromatic N) is 2. The number of ether oxygens (including phenoxy) is 2. The number of fused-ring (bicyclic) bond motifs is 5. The summed E-state index contributed by atoms with van der Waals surface area (Å²) in [7, 11) is 1.66. The number of nitrogens with one attached hydrogen (secondary N) is 1. The van der Waals surface area contributed by atoms with Crippen molar-refractivity contribution in [3.8, 4) is 17.2 Å². The van der Waals surface area contributed by atoms with Crippen LogP contribution < -0.4 is 9.47 Å². The van der Waals surface area contributed by atoms with Crippen LogP contribution in [-0.4, -0.2) is 58.1 Å². The van der Waals surface area contributed by atoms with Gasteiger partial charge in [0.25, 0.3) is 0 Å². The van der Waals surface area contributed by atoms with Gasteiger partial charge in [0.05, 0.1) is 12.6 Å². The lowest BCUT2D eigenvalue weighted by atomic mass is 9.86. The van der Waals surface area contributed by atoms with E-state index in [0.29, 0.717) is 17.9 Å². The molecule has 3 aliphatic rings. The maximum absolute atomic E-state index is 13.1. The molecular formula is C22H19N3O5. The Balaban J connectivity index is 1.60. The fourth-order valence-corrected chi connectivity index (χ4v) is 4.87. The van der Waals surface area contributed by atoms with Crippen LogP contribution in [0.25, 0.3) is 10.9 Å². The summed E-state index contributed by atoms with van der Waals surface area (Å²) in [6, 6.07) is 9.69. The van der Waals surface area contributed by atoms with E-state index in [1.54, 1.807) is 24.1 Å². The first-order valence-electron chi connectivity index (χ1n) is 9.80. The molecule has 2 unspecified atom stereocenters. The monoisotopic (exact) mass is 405 g/mol. The number of carbonyl (C=O) groups excluding carboxylic acids is 2. The smallest absolute Gasteiger partial charge is 0.245 e. The molecule has 2 aromatic carbocycles. The number of carbonyl (C=O) groups is 2. The van der Waals surface area contributed by atoms with Gasteiger partial charge in [-0.15, -0.1) is 0 Å². The van der Waals surface area contributed by atoms with Crippen molar-refractivity contribution in [1.29, 1.82) is 0 Å². The summed E-state index contributed by atoms with van der Waals surface area (Å²) in [5, 5.41) is 10.9. The van der Waals surface area contributed by atoms with Crippen molar-refractivity contribution in [2.24, 2.45) is 0 Å². The molecule has 1 saturated heterocycles. The maximum atomic E-state index is 13.1. The van der Waals surface area contributed by atoms with Gasteiger partial charge in [-0.2, -0.15) is 0 Å². The molecular weight excluding hydrogens is 386 g/mol. The number of piperazine rings is 1. The van der Waals surface area contributed by atoms with E-state index >= 15 is 0 Å². The van der Waals surface area contributed by atoms with Crippen molar-refractivity contribution in [2.75, 3.05) is 20.4 Å². The summed E-state index contributed by atoms with van der Waals surface area (Å²) < 4.78 is 11.0. The Hall–Kier alpha value is -3.68. The molecule has 0 aliphatic carbocycles. The van der Waals surface area contributed by atoms with Gasteiger partial charge < -0.3 is 29.4 Å². The summed E-state index contributed by atoms with van der Waals surface area (Å²) in [5.41, 5.74) is 3.50. The first kappa shape index (κ1) is 17.2. The van der Waals surface area contributed by atoms with Gasteiger partial charge in [0.1, 0.15) is 11.8 Å². The molecule has 8 nitrogen and oxygen atoms in total. The number of aromatic hydroxyl groups is 1. The van der Waals surface area contributed by atoms with Crippen molar-refractivity contribution in [3.05, 3.63) is 53.2 Å². The molecule has 2 atom stereocenters. The number of H-pyrrole nitrogens is 1. The van der Waals surface area contributed by atoms with E-state index in [2.05, 4.69) is 4.98 Å². The Kier molecular flexibility index (Phi) is 3.39. The van der Waals surface area contributed by atoms with E-state index in [-0.39, 0.29) is 30.9 Å². The van der Waals surface area contributed by atoms with E-state index in [1.165, 1.54) is 4.90 Å². The van der Waals surface area contributed by atoms with Gasteiger partial charge in [0.2, 0.25) is 18.6 Å². The Labute approximate surface area is 171 Å². The number of phenols is 1. The third-order valence-electron chi connectivity index (χ3n) is 6.24. The molecule has 0 bridgehead atoms. The quantitative estimate of drug-likeness (QED) is 0.645. The van der Waals surface area contributed by atoms with Crippen LogP contribution in [0.15, 0.2) is 36.4 Å². The molecule has 4 heterocycles. The highest BCUT2D eigenvalue weighted by molar-refractivity contribution is 5.97.